The number of ether oxygens (including phenoxy) is 2. The van der Waals surface area contributed by atoms with Crippen molar-refractivity contribution < 1.29 is 18.3 Å². The molecule has 0 unspecified atom stereocenters. The number of aromatic nitrogens is 2. The summed E-state index contributed by atoms with van der Waals surface area (Å²) in [6.45, 7) is 0.954. The van der Waals surface area contributed by atoms with E-state index in [2.05, 4.69) is 14.6 Å². The van der Waals surface area contributed by atoms with Gasteiger partial charge in [-0.1, -0.05) is 6.42 Å². The van der Waals surface area contributed by atoms with Gasteiger partial charge in [-0.25, -0.2) is 4.98 Å². The number of alkyl halides is 2. The molecule has 1 saturated carbocycles. The summed E-state index contributed by atoms with van der Waals surface area (Å²) in [7, 11) is 0. The summed E-state index contributed by atoms with van der Waals surface area (Å²) < 4.78 is 37.2. The average Bonchev–Trinajstić information content (AvgIpc) is 2.75. The first-order valence-electron chi connectivity index (χ1n) is 11.5. The van der Waals surface area contributed by atoms with Crippen molar-refractivity contribution in [1.29, 1.82) is 0 Å². The van der Waals surface area contributed by atoms with Crippen molar-refractivity contribution in [2.75, 3.05) is 13.1 Å². The Balaban J connectivity index is 1.33. The van der Waals surface area contributed by atoms with E-state index in [1.807, 2.05) is 24.3 Å². The zero-order valence-electron chi connectivity index (χ0n) is 18.5. The highest BCUT2D eigenvalue weighted by molar-refractivity contribution is 5.79. The molecule has 2 aliphatic rings. The largest absolute Gasteiger partial charge is 0.490 e. The first kappa shape index (κ1) is 21.8. The Morgan fingerprint density at radius 3 is 2.33 bits per heavy atom. The monoisotopic (exact) mass is 455 g/mol. The SMILES string of the molecule is Cc1nc2ccc(OC(F)F)cc2c(=O)n1-c1ccc(OC2CCN(C3CCC3)CC2)cc1. The van der Waals surface area contributed by atoms with Crippen molar-refractivity contribution in [3.63, 3.8) is 0 Å². The van der Waals surface area contributed by atoms with Crippen LogP contribution >= 0.6 is 0 Å². The van der Waals surface area contributed by atoms with Gasteiger partial charge in [0.15, 0.2) is 0 Å². The third-order valence-electron chi connectivity index (χ3n) is 6.70. The van der Waals surface area contributed by atoms with Gasteiger partial charge in [-0.2, -0.15) is 8.78 Å². The van der Waals surface area contributed by atoms with Gasteiger partial charge in [0.2, 0.25) is 0 Å². The first-order chi connectivity index (χ1) is 16.0. The van der Waals surface area contributed by atoms with Gasteiger partial charge in [-0.05, 0) is 75.1 Å². The second-order valence-corrected chi connectivity index (χ2v) is 8.79. The fraction of sp³-hybridized carbons (Fsp3) is 0.440. The number of fused-ring (bicyclic) bond motifs is 1. The van der Waals surface area contributed by atoms with Crippen LogP contribution in [-0.4, -0.2) is 46.3 Å². The molecule has 1 aliphatic heterocycles. The fourth-order valence-electron chi connectivity index (χ4n) is 4.73. The van der Waals surface area contributed by atoms with Crippen LogP contribution in [0.1, 0.15) is 37.9 Å². The van der Waals surface area contributed by atoms with E-state index < -0.39 is 6.61 Å². The Labute approximate surface area is 190 Å². The Hall–Kier alpha value is -3.00. The Morgan fingerprint density at radius 1 is 1.00 bits per heavy atom. The Bertz CT molecular complexity index is 1180. The number of halogens is 2. The van der Waals surface area contributed by atoms with E-state index in [1.165, 1.54) is 42.0 Å². The predicted octanol–water partition coefficient (Wildman–Crippen LogP) is 4.69. The van der Waals surface area contributed by atoms with Gasteiger partial charge in [-0.3, -0.25) is 9.36 Å². The average molecular weight is 456 g/mol. The van der Waals surface area contributed by atoms with Crippen LogP contribution in [0.5, 0.6) is 11.5 Å². The molecule has 0 bridgehead atoms. The smallest absolute Gasteiger partial charge is 0.387 e. The number of benzene rings is 2. The number of rotatable bonds is 6. The molecule has 0 spiro atoms. The number of nitrogens with zero attached hydrogens (tertiary/aromatic N) is 3. The Morgan fingerprint density at radius 2 is 1.70 bits per heavy atom. The third-order valence-corrected chi connectivity index (χ3v) is 6.70. The maximum absolute atomic E-state index is 13.1. The molecule has 6 nitrogen and oxygen atoms in total. The highest BCUT2D eigenvalue weighted by Crippen LogP contribution is 2.29. The van der Waals surface area contributed by atoms with Crippen LogP contribution in [0.4, 0.5) is 8.78 Å². The lowest BCUT2D eigenvalue weighted by atomic mass is 9.90. The van der Waals surface area contributed by atoms with Crippen LogP contribution < -0.4 is 15.0 Å². The summed E-state index contributed by atoms with van der Waals surface area (Å²) in [5, 5.41) is 0.220. The summed E-state index contributed by atoms with van der Waals surface area (Å²) in [5.74, 6) is 1.21. The van der Waals surface area contributed by atoms with Gasteiger partial charge in [0, 0.05) is 19.1 Å². The van der Waals surface area contributed by atoms with Gasteiger partial charge in [0.1, 0.15) is 23.4 Å². The maximum atomic E-state index is 13.1. The normalized spacial score (nSPS) is 17.9. The molecule has 2 fully saturated rings. The molecule has 0 radical (unpaired) electrons. The molecule has 1 aliphatic carbocycles. The molecule has 33 heavy (non-hydrogen) atoms. The molecule has 1 saturated heterocycles. The van der Waals surface area contributed by atoms with Crippen LogP contribution in [0.15, 0.2) is 47.3 Å². The van der Waals surface area contributed by atoms with Crippen LogP contribution in [0.3, 0.4) is 0 Å². The van der Waals surface area contributed by atoms with Gasteiger partial charge >= 0.3 is 6.61 Å². The van der Waals surface area contributed by atoms with Crippen LogP contribution in [0.25, 0.3) is 16.6 Å². The molecule has 0 atom stereocenters. The van der Waals surface area contributed by atoms with Crippen molar-refractivity contribution in [2.24, 2.45) is 0 Å². The van der Waals surface area contributed by atoms with Crippen molar-refractivity contribution >= 4 is 10.9 Å². The summed E-state index contributed by atoms with van der Waals surface area (Å²) in [4.78, 5) is 20.2. The third kappa shape index (κ3) is 4.57. The minimum atomic E-state index is -2.96. The lowest BCUT2D eigenvalue weighted by Gasteiger charge is -2.41. The molecule has 174 valence electrons. The van der Waals surface area contributed by atoms with E-state index in [9.17, 15) is 13.6 Å². The fourth-order valence-corrected chi connectivity index (χ4v) is 4.73. The number of hydrogen-bond donors (Lipinski definition) is 0. The molecule has 8 heteroatoms. The number of piperidine rings is 1. The van der Waals surface area contributed by atoms with Crippen molar-refractivity contribution in [2.45, 2.75) is 57.8 Å². The molecular formula is C25H27F2N3O3. The second kappa shape index (κ2) is 9.09. The molecule has 0 N–H and O–H groups in total. The zero-order chi connectivity index (χ0) is 22.9. The van der Waals surface area contributed by atoms with E-state index >= 15 is 0 Å². The van der Waals surface area contributed by atoms with E-state index in [-0.39, 0.29) is 22.8 Å². The zero-order valence-corrected chi connectivity index (χ0v) is 18.5. The molecule has 3 aromatic rings. The highest BCUT2D eigenvalue weighted by Gasteiger charge is 2.29. The number of aryl methyl sites for hydroxylation is 1. The van der Waals surface area contributed by atoms with Gasteiger partial charge < -0.3 is 14.4 Å². The lowest BCUT2D eigenvalue weighted by Crippen LogP contribution is -2.46. The van der Waals surface area contributed by atoms with E-state index in [1.54, 1.807) is 6.92 Å². The van der Waals surface area contributed by atoms with Crippen molar-refractivity contribution in [3.8, 4) is 17.2 Å². The van der Waals surface area contributed by atoms with E-state index in [0.717, 1.165) is 37.7 Å². The van der Waals surface area contributed by atoms with Gasteiger partial charge in [0.25, 0.3) is 5.56 Å². The quantitative estimate of drug-likeness (QED) is 0.540. The number of hydrogen-bond acceptors (Lipinski definition) is 5. The molecule has 5 rings (SSSR count). The van der Waals surface area contributed by atoms with E-state index in [4.69, 9.17) is 4.74 Å². The Kier molecular flexibility index (Phi) is 6.01. The van der Waals surface area contributed by atoms with Crippen LogP contribution in [0, 0.1) is 6.92 Å². The molecular weight excluding hydrogens is 428 g/mol. The molecule has 2 heterocycles. The second-order valence-electron chi connectivity index (χ2n) is 8.79. The van der Waals surface area contributed by atoms with Crippen LogP contribution in [-0.2, 0) is 0 Å². The standard InChI is InChI=1S/C25H27F2N3O3/c1-16-28-23-10-9-21(33-25(26)27)15-22(23)24(31)30(16)18-5-7-19(8-6-18)32-20-11-13-29(14-12-20)17-3-2-4-17/h5-10,15,17,20,25H,2-4,11-14H2,1H3. The van der Waals surface area contributed by atoms with Crippen molar-refractivity contribution in [1.82, 2.24) is 14.5 Å². The maximum Gasteiger partial charge on any atom is 0.387 e. The summed E-state index contributed by atoms with van der Waals surface area (Å²) >= 11 is 0. The topological polar surface area (TPSA) is 56.6 Å². The molecule has 0 amide bonds. The summed E-state index contributed by atoms with van der Waals surface area (Å²) in [6.07, 6.45) is 6.26. The summed E-state index contributed by atoms with van der Waals surface area (Å²) in [5.41, 5.74) is 0.733. The highest BCUT2D eigenvalue weighted by atomic mass is 19.3. The molecule has 1 aromatic heterocycles. The van der Waals surface area contributed by atoms with Crippen molar-refractivity contribution in [3.05, 3.63) is 58.6 Å². The van der Waals surface area contributed by atoms with Gasteiger partial charge in [-0.15, -0.1) is 0 Å². The minimum Gasteiger partial charge on any atom is -0.490 e. The number of likely N-dealkylation sites (tertiary alicyclic amines) is 1. The van der Waals surface area contributed by atoms with Crippen LogP contribution in [0.2, 0.25) is 0 Å². The molecule has 2 aromatic carbocycles. The summed E-state index contributed by atoms with van der Waals surface area (Å²) in [6, 6.07) is 12.3. The lowest BCUT2D eigenvalue weighted by molar-refractivity contribution is -0.0497. The first-order valence-corrected chi connectivity index (χ1v) is 11.5. The van der Waals surface area contributed by atoms with E-state index in [0.29, 0.717) is 17.0 Å². The minimum absolute atomic E-state index is 0.0705. The van der Waals surface area contributed by atoms with Gasteiger partial charge in [0.05, 0.1) is 16.6 Å². The predicted molar refractivity (Wildman–Crippen MR) is 122 cm³/mol.